The molecule has 3 atom stereocenters. The van der Waals surface area contributed by atoms with Crippen molar-refractivity contribution in [2.24, 2.45) is 5.92 Å². The van der Waals surface area contributed by atoms with Crippen LogP contribution in [0.5, 0.6) is 5.75 Å². The molecule has 3 rings (SSSR count). The molecule has 1 aliphatic carbocycles. The molecule has 0 aliphatic heterocycles. The number of pyridine rings is 1. The Labute approximate surface area is 227 Å². The number of aromatic nitrogens is 3. The van der Waals surface area contributed by atoms with Gasteiger partial charge in [-0.25, -0.2) is 32.5 Å². The van der Waals surface area contributed by atoms with Crippen LogP contribution in [0.3, 0.4) is 0 Å². The Balaban J connectivity index is 1.55. The van der Waals surface area contributed by atoms with Crippen LogP contribution in [0, 0.1) is 11.9 Å². The van der Waals surface area contributed by atoms with Crippen LogP contribution in [-0.4, -0.2) is 47.1 Å². The summed E-state index contributed by atoms with van der Waals surface area (Å²) in [5, 5.41) is 0. The van der Waals surface area contributed by atoms with Gasteiger partial charge in [0.25, 0.3) is 5.92 Å². The number of unbranched alkanes of at least 4 members (excludes halogenated alkanes) is 4. The lowest BCUT2D eigenvalue weighted by Gasteiger charge is -2.33. The lowest BCUT2D eigenvalue weighted by atomic mass is 9.78. The van der Waals surface area contributed by atoms with Crippen molar-refractivity contribution < 1.29 is 31.4 Å². The number of hydrogen-bond acceptors (Lipinski definition) is 5. The average molecular weight is 558 g/mol. The van der Waals surface area contributed by atoms with Crippen LogP contribution in [0.4, 0.5) is 22.0 Å². The van der Waals surface area contributed by atoms with Crippen molar-refractivity contribution in [1.29, 1.82) is 0 Å². The minimum atomic E-state index is -3.31. The van der Waals surface area contributed by atoms with Gasteiger partial charge < -0.3 is 9.47 Å². The van der Waals surface area contributed by atoms with Crippen molar-refractivity contribution in [2.75, 3.05) is 19.8 Å². The van der Waals surface area contributed by atoms with Crippen LogP contribution in [0.1, 0.15) is 89.2 Å². The van der Waals surface area contributed by atoms with E-state index in [1.807, 2.05) is 0 Å². The van der Waals surface area contributed by atoms with E-state index in [-0.39, 0.29) is 35.7 Å². The summed E-state index contributed by atoms with van der Waals surface area (Å²) < 4.78 is 83.8. The molecule has 2 aromatic rings. The number of alkyl halides is 4. The molecular formula is C29H40F5N3O2. The van der Waals surface area contributed by atoms with Gasteiger partial charge in [-0.2, -0.15) is 4.39 Å². The van der Waals surface area contributed by atoms with Crippen molar-refractivity contribution in [3.63, 3.8) is 0 Å². The van der Waals surface area contributed by atoms with Crippen molar-refractivity contribution >= 4 is 0 Å². The number of nitrogens with zero attached hydrogens (tertiary/aromatic N) is 3. The Bertz CT molecular complexity index is 1010. The Kier molecular flexibility index (Phi) is 12.3. The monoisotopic (exact) mass is 557 g/mol. The zero-order chi connectivity index (χ0) is 28.3. The van der Waals surface area contributed by atoms with Gasteiger partial charge in [-0.05, 0) is 50.2 Å². The predicted octanol–water partition coefficient (Wildman–Crippen LogP) is 7.95. The predicted molar refractivity (Wildman–Crippen MR) is 140 cm³/mol. The summed E-state index contributed by atoms with van der Waals surface area (Å²) in [4.78, 5) is 11.9. The molecule has 0 bridgehead atoms. The van der Waals surface area contributed by atoms with Gasteiger partial charge in [-0.15, -0.1) is 0 Å². The average Bonchev–Trinajstić information content (AvgIpc) is 2.91. The lowest BCUT2D eigenvalue weighted by molar-refractivity contribution is -0.0825. The molecule has 218 valence electrons. The zero-order valence-corrected chi connectivity index (χ0v) is 22.9. The Morgan fingerprint density at radius 3 is 2.38 bits per heavy atom. The highest BCUT2D eigenvalue weighted by atomic mass is 19.3. The Morgan fingerprint density at radius 1 is 0.974 bits per heavy atom. The first-order chi connectivity index (χ1) is 18.8. The van der Waals surface area contributed by atoms with Crippen LogP contribution in [0.25, 0.3) is 11.5 Å². The number of rotatable bonds is 17. The highest BCUT2D eigenvalue weighted by Crippen LogP contribution is 2.47. The zero-order valence-electron chi connectivity index (χ0n) is 22.9. The van der Waals surface area contributed by atoms with E-state index in [1.165, 1.54) is 18.5 Å². The number of halogens is 5. The van der Waals surface area contributed by atoms with E-state index >= 15 is 8.78 Å². The van der Waals surface area contributed by atoms with Gasteiger partial charge in [-0.1, -0.05) is 46.0 Å². The third kappa shape index (κ3) is 8.82. The van der Waals surface area contributed by atoms with Crippen molar-refractivity contribution in [3.8, 4) is 17.3 Å². The van der Waals surface area contributed by atoms with E-state index in [9.17, 15) is 13.2 Å². The second-order valence-electron chi connectivity index (χ2n) is 10.2. The quantitative estimate of drug-likeness (QED) is 0.112. The molecule has 3 unspecified atom stereocenters. The van der Waals surface area contributed by atoms with Crippen molar-refractivity contribution in [1.82, 2.24) is 15.0 Å². The number of hydrogen-bond donors (Lipinski definition) is 0. The number of aryl methyl sites for hydroxylation is 1. The molecule has 0 aromatic carbocycles. The number of fused-ring (bicyclic) bond motifs is 1. The molecule has 2 heterocycles. The third-order valence-corrected chi connectivity index (χ3v) is 7.12. The van der Waals surface area contributed by atoms with E-state index in [4.69, 9.17) is 9.47 Å². The molecule has 5 nitrogen and oxygen atoms in total. The molecule has 2 aromatic heterocycles. The first kappa shape index (κ1) is 31.2. The van der Waals surface area contributed by atoms with Crippen molar-refractivity contribution in [2.45, 2.75) is 103 Å². The van der Waals surface area contributed by atoms with Crippen LogP contribution in [-0.2, 0) is 17.1 Å². The fraction of sp³-hybridized carbons (Fsp3) is 0.690. The van der Waals surface area contributed by atoms with Gasteiger partial charge in [0.1, 0.15) is 18.5 Å². The molecular weight excluding hydrogens is 517 g/mol. The van der Waals surface area contributed by atoms with E-state index < -0.39 is 42.3 Å². The summed E-state index contributed by atoms with van der Waals surface area (Å²) in [5.74, 6) is -5.33. The summed E-state index contributed by atoms with van der Waals surface area (Å²) in [5.41, 5.74) is -0.405. The van der Waals surface area contributed by atoms with Gasteiger partial charge in [0, 0.05) is 19.1 Å². The van der Waals surface area contributed by atoms with E-state index in [0.717, 1.165) is 38.7 Å². The van der Waals surface area contributed by atoms with E-state index in [1.54, 1.807) is 6.92 Å². The Hall–Kier alpha value is -2.36. The third-order valence-electron chi connectivity index (χ3n) is 7.12. The SMILES string of the molecule is CCCCCOCCCCCC1CCc2cc(-c3ncc(OCC(F)C(F)CCC)cn3)nc(F)c2C1(F)F. The molecule has 1 aliphatic rings. The van der Waals surface area contributed by atoms with E-state index in [2.05, 4.69) is 21.9 Å². The van der Waals surface area contributed by atoms with Gasteiger partial charge in [0.05, 0.1) is 18.0 Å². The standard InChI is InChI=1S/C29H40F5N3O2/c1-3-5-8-14-38-15-9-6-7-11-21-13-12-20-16-25(37-27(32)26(20)29(21,33)34)28-35-17-22(18-36-28)39-19-24(31)23(30)10-4-2/h16-18,21,23-24H,3-15,19H2,1-2H3. The summed E-state index contributed by atoms with van der Waals surface area (Å²) in [7, 11) is 0. The topological polar surface area (TPSA) is 57.1 Å². The summed E-state index contributed by atoms with van der Waals surface area (Å²) in [6.45, 7) is 4.78. The largest absolute Gasteiger partial charge is 0.487 e. The highest BCUT2D eigenvalue weighted by Gasteiger charge is 2.47. The maximum Gasteiger partial charge on any atom is 0.280 e. The normalized spacial score (nSPS) is 18.0. The molecule has 39 heavy (non-hydrogen) atoms. The molecule has 0 N–H and O–H groups in total. The van der Waals surface area contributed by atoms with Crippen LogP contribution in [0.15, 0.2) is 18.5 Å². The van der Waals surface area contributed by atoms with Gasteiger partial charge in [0.15, 0.2) is 17.7 Å². The lowest BCUT2D eigenvalue weighted by Crippen LogP contribution is -2.33. The second-order valence-corrected chi connectivity index (χ2v) is 10.2. The van der Waals surface area contributed by atoms with Crippen LogP contribution >= 0.6 is 0 Å². The molecule has 0 fully saturated rings. The van der Waals surface area contributed by atoms with E-state index in [0.29, 0.717) is 32.3 Å². The second kappa shape index (κ2) is 15.4. The van der Waals surface area contributed by atoms with Crippen molar-refractivity contribution in [3.05, 3.63) is 35.5 Å². The van der Waals surface area contributed by atoms with Gasteiger partial charge in [-0.3, -0.25) is 0 Å². The highest BCUT2D eigenvalue weighted by molar-refractivity contribution is 5.53. The first-order valence-corrected chi connectivity index (χ1v) is 14.2. The maximum absolute atomic E-state index is 15.3. The van der Waals surface area contributed by atoms with Gasteiger partial charge >= 0.3 is 0 Å². The smallest absolute Gasteiger partial charge is 0.280 e. The summed E-state index contributed by atoms with van der Waals surface area (Å²) in [6, 6.07) is 1.41. The molecule has 0 amide bonds. The molecule has 0 spiro atoms. The number of ether oxygens (including phenoxy) is 2. The van der Waals surface area contributed by atoms with Crippen LogP contribution < -0.4 is 4.74 Å². The molecule has 10 heteroatoms. The molecule has 0 saturated carbocycles. The summed E-state index contributed by atoms with van der Waals surface area (Å²) in [6.07, 6.45) is 6.16. The maximum atomic E-state index is 15.3. The summed E-state index contributed by atoms with van der Waals surface area (Å²) >= 11 is 0. The minimum absolute atomic E-state index is 0.0255. The fourth-order valence-corrected chi connectivity index (χ4v) is 4.86. The minimum Gasteiger partial charge on any atom is -0.487 e. The van der Waals surface area contributed by atoms with Gasteiger partial charge in [0.2, 0.25) is 5.95 Å². The molecule has 0 saturated heterocycles. The fourth-order valence-electron chi connectivity index (χ4n) is 4.86. The Morgan fingerprint density at radius 2 is 1.69 bits per heavy atom. The molecule has 0 radical (unpaired) electrons. The first-order valence-electron chi connectivity index (χ1n) is 14.2. The van der Waals surface area contributed by atoms with Crippen LogP contribution in [0.2, 0.25) is 0 Å².